The summed E-state index contributed by atoms with van der Waals surface area (Å²) in [6, 6.07) is 18.6. The molecule has 0 spiro atoms. The molecular formula is C28H33BrN4O2. The molecule has 1 aliphatic rings. The standard InChI is InChI=1S/C28H33BrN4O2/c1-33(17-18-34)27(35)25-23(14-9-20-7-3-2-4-8-20)26(30)32-24(31-25)19-28(15-5-6-16-28)21-10-12-22(29)13-11-21/h2-4,7-8,10-13,34H,5-6,9,14-19H2,1H3,(H2,30,31,32). The van der Waals surface area contributed by atoms with Crippen molar-refractivity contribution in [1.29, 1.82) is 0 Å². The normalized spacial score (nSPS) is 14.7. The first-order chi connectivity index (χ1) is 16.9. The lowest BCUT2D eigenvalue weighted by atomic mass is 9.76. The van der Waals surface area contributed by atoms with Gasteiger partial charge in [0.25, 0.3) is 5.91 Å². The van der Waals surface area contributed by atoms with Gasteiger partial charge in [0.05, 0.1) is 6.61 Å². The van der Waals surface area contributed by atoms with Gasteiger partial charge in [-0.1, -0.05) is 71.2 Å². The molecule has 0 bridgehead atoms. The first-order valence-electron chi connectivity index (χ1n) is 12.2. The lowest BCUT2D eigenvalue weighted by Gasteiger charge is -2.29. The number of amides is 1. The van der Waals surface area contributed by atoms with E-state index in [1.165, 1.54) is 16.0 Å². The number of rotatable bonds is 9. The third-order valence-electron chi connectivity index (χ3n) is 7.09. The summed E-state index contributed by atoms with van der Waals surface area (Å²) in [6.07, 6.45) is 6.38. The van der Waals surface area contributed by atoms with Crippen LogP contribution in [0.4, 0.5) is 5.82 Å². The fourth-order valence-corrected chi connectivity index (χ4v) is 5.39. The number of aliphatic hydroxyl groups excluding tert-OH is 1. The van der Waals surface area contributed by atoms with Crippen LogP contribution in [0.25, 0.3) is 0 Å². The molecule has 1 fully saturated rings. The second kappa shape index (κ2) is 11.3. The molecule has 3 aromatic rings. The summed E-state index contributed by atoms with van der Waals surface area (Å²) < 4.78 is 1.05. The van der Waals surface area contributed by atoms with Crippen LogP contribution < -0.4 is 5.73 Å². The van der Waals surface area contributed by atoms with E-state index in [-0.39, 0.29) is 24.5 Å². The topological polar surface area (TPSA) is 92.3 Å². The van der Waals surface area contributed by atoms with Crippen molar-refractivity contribution in [1.82, 2.24) is 14.9 Å². The van der Waals surface area contributed by atoms with E-state index in [0.717, 1.165) is 36.6 Å². The molecule has 7 heteroatoms. The predicted octanol–water partition coefficient (Wildman–Crippen LogP) is 4.73. The molecule has 6 nitrogen and oxygen atoms in total. The molecule has 1 aliphatic carbocycles. The molecule has 0 saturated heterocycles. The molecule has 1 amide bonds. The number of nitrogens with two attached hydrogens (primary N) is 1. The number of likely N-dealkylation sites (N-methyl/N-ethyl adjacent to an activating group) is 1. The molecule has 1 aromatic heterocycles. The number of nitrogens with zero attached hydrogens (tertiary/aromatic N) is 3. The first kappa shape index (κ1) is 25.3. The van der Waals surface area contributed by atoms with Gasteiger partial charge in [0.2, 0.25) is 0 Å². The zero-order valence-electron chi connectivity index (χ0n) is 20.2. The molecule has 0 radical (unpaired) electrons. The number of carbonyl (C=O) groups excluding carboxylic acids is 1. The number of anilines is 1. The smallest absolute Gasteiger partial charge is 0.272 e. The SMILES string of the molecule is CN(CCO)C(=O)c1nc(CC2(c3ccc(Br)cc3)CCCC2)nc(N)c1CCc1ccccc1. The molecule has 0 aliphatic heterocycles. The van der Waals surface area contributed by atoms with Crippen LogP contribution in [0.15, 0.2) is 59.1 Å². The van der Waals surface area contributed by atoms with Gasteiger partial charge in [0.15, 0.2) is 0 Å². The highest BCUT2D eigenvalue weighted by atomic mass is 79.9. The Balaban J connectivity index is 1.69. The Morgan fingerprint density at radius 1 is 1.06 bits per heavy atom. The molecule has 35 heavy (non-hydrogen) atoms. The van der Waals surface area contributed by atoms with Crippen LogP contribution in [0.2, 0.25) is 0 Å². The minimum atomic E-state index is -0.235. The number of nitrogen functional groups attached to an aromatic ring is 1. The maximum Gasteiger partial charge on any atom is 0.272 e. The molecular weight excluding hydrogens is 504 g/mol. The summed E-state index contributed by atoms with van der Waals surface area (Å²) in [5.74, 6) is 0.744. The van der Waals surface area contributed by atoms with E-state index >= 15 is 0 Å². The highest BCUT2D eigenvalue weighted by Crippen LogP contribution is 2.43. The third-order valence-corrected chi connectivity index (χ3v) is 7.62. The molecule has 2 aromatic carbocycles. The highest BCUT2D eigenvalue weighted by molar-refractivity contribution is 9.10. The number of halogens is 1. The van der Waals surface area contributed by atoms with Crippen molar-refractivity contribution in [3.63, 3.8) is 0 Å². The summed E-state index contributed by atoms with van der Waals surface area (Å²) in [6.45, 7) is 0.126. The maximum atomic E-state index is 13.4. The second-order valence-electron chi connectivity index (χ2n) is 9.46. The van der Waals surface area contributed by atoms with E-state index in [1.54, 1.807) is 7.05 Å². The van der Waals surface area contributed by atoms with Crippen molar-refractivity contribution < 1.29 is 9.90 Å². The third kappa shape index (κ3) is 5.90. The quantitative estimate of drug-likeness (QED) is 0.412. The summed E-state index contributed by atoms with van der Waals surface area (Å²) in [5, 5.41) is 9.38. The number of hydrogen-bond donors (Lipinski definition) is 2. The lowest BCUT2D eigenvalue weighted by Crippen LogP contribution is -2.33. The average Bonchev–Trinajstić information content (AvgIpc) is 3.33. The van der Waals surface area contributed by atoms with E-state index in [4.69, 9.17) is 15.7 Å². The Hall–Kier alpha value is -2.77. The van der Waals surface area contributed by atoms with Crippen LogP contribution in [0.1, 0.15) is 58.7 Å². The monoisotopic (exact) mass is 536 g/mol. The summed E-state index contributed by atoms with van der Waals surface area (Å²) in [5.41, 5.74) is 9.91. The van der Waals surface area contributed by atoms with E-state index in [9.17, 15) is 9.90 Å². The number of hydrogen-bond acceptors (Lipinski definition) is 5. The summed E-state index contributed by atoms with van der Waals surface area (Å²) >= 11 is 3.54. The van der Waals surface area contributed by atoms with Crippen molar-refractivity contribution in [3.8, 4) is 0 Å². The fraction of sp³-hybridized carbons (Fsp3) is 0.393. The first-order valence-corrected chi connectivity index (χ1v) is 13.0. The Morgan fingerprint density at radius 3 is 2.40 bits per heavy atom. The van der Waals surface area contributed by atoms with Crippen molar-refractivity contribution in [2.75, 3.05) is 25.9 Å². The van der Waals surface area contributed by atoms with Crippen molar-refractivity contribution in [2.24, 2.45) is 0 Å². The molecule has 4 rings (SSSR count). The average molecular weight is 538 g/mol. The second-order valence-corrected chi connectivity index (χ2v) is 10.4. The molecule has 1 heterocycles. The highest BCUT2D eigenvalue weighted by Gasteiger charge is 2.37. The van der Waals surface area contributed by atoms with Gasteiger partial charge in [-0.05, 0) is 48.9 Å². The maximum absolute atomic E-state index is 13.4. The molecule has 3 N–H and O–H groups in total. The van der Waals surface area contributed by atoms with Crippen LogP contribution in [-0.2, 0) is 24.7 Å². The number of benzene rings is 2. The van der Waals surface area contributed by atoms with Crippen LogP contribution in [0, 0.1) is 0 Å². The van der Waals surface area contributed by atoms with Gasteiger partial charge in [-0.25, -0.2) is 9.97 Å². The van der Waals surface area contributed by atoms with Crippen molar-refractivity contribution in [2.45, 2.75) is 50.4 Å². The van der Waals surface area contributed by atoms with E-state index in [2.05, 4.69) is 52.3 Å². The lowest BCUT2D eigenvalue weighted by molar-refractivity contribution is 0.0759. The fourth-order valence-electron chi connectivity index (χ4n) is 5.12. The number of aromatic nitrogens is 2. The Morgan fingerprint density at radius 2 is 1.74 bits per heavy atom. The number of aryl methyl sites for hydroxylation is 1. The minimum Gasteiger partial charge on any atom is -0.395 e. The van der Waals surface area contributed by atoms with Gasteiger partial charge in [-0.2, -0.15) is 0 Å². The van der Waals surface area contributed by atoms with Gasteiger partial charge in [-0.15, -0.1) is 0 Å². The van der Waals surface area contributed by atoms with Gasteiger partial charge < -0.3 is 15.7 Å². The van der Waals surface area contributed by atoms with Crippen LogP contribution in [0.3, 0.4) is 0 Å². The van der Waals surface area contributed by atoms with Gasteiger partial charge in [0.1, 0.15) is 17.3 Å². The predicted molar refractivity (Wildman–Crippen MR) is 142 cm³/mol. The van der Waals surface area contributed by atoms with Crippen LogP contribution >= 0.6 is 15.9 Å². The Kier molecular flexibility index (Phi) is 8.19. The van der Waals surface area contributed by atoms with Gasteiger partial charge in [0, 0.05) is 35.5 Å². The van der Waals surface area contributed by atoms with E-state index in [0.29, 0.717) is 35.7 Å². The van der Waals surface area contributed by atoms with Crippen molar-refractivity contribution >= 4 is 27.7 Å². The van der Waals surface area contributed by atoms with Crippen LogP contribution in [0.5, 0.6) is 0 Å². The largest absolute Gasteiger partial charge is 0.395 e. The molecule has 184 valence electrons. The number of carbonyl (C=O) groups is 1. The van der Waals surface area contributed by atoms with Crippen molar-refractivity contribution in [3.05, 3.63) is 87.3 Å². The van der Waals surface area contributed by atoms with Crippen LogP contribution in [-0.4, -0.2) is 46.1 Å². The molecule has 0 atom stereocenters. The van der Waals surface area contributed by atoms with Gasteiger partial charge >= 0.3 is 0 Å². The minimum absolute atomic E-state index is 0.0595. The number of aliphatic hydroxyl groups is 1. The van der Waals surface area contributed by atoms with E-state index < -0.39 is 0 Å². The zero-order valence-corrected chi connectivity index (χ0v) is 21.8. The van der Waals surface area contributed by atoms with Gasteiger partial charge in [-0.3, -0.25) is 4.79 Å². The summed E-state index contributed by atoms with van der Waals surface area (Å²) in [7, 11) is 1.68. The zero-order chi connectivity index (χ0) is 24.8. The van der Waals surface area contributed by atoms with E-state index in [1.807, 2.05) is 18.2 Å². The molecule has 0 unspecified atom stereocenters. The Labute approximate surface area is 215 Å². The molecule has 1 saturated carbocycles. The Bertz CT molecular complexity index is 1150. The summed E-state index contributed by atoms with van der Waals surface area (Å²) in [4.78, 5) is 24.4.